The van der Waals surface area contributed by atoms with Gasteiger partial charge in [-0.1, -0.05) is 38.8 Å². The molecule has 1 atom stereocenters. The molecule has 2 fully saturated rings. The molecule has 0 spiro atoms. The first kappa shape index (κ1) is 21.7. The Bertz CT molecular complexity index is 717. The molecular weight excluding hydrogens is 364 g/mol. The molecule has 1 saturated heterocycles. The summed E-state index contributed by atoms with van der Waals surface area (Å²) in [7, 11) is 0. The van der Waals surface area contributed by atoms with E-state index in [-0.39, 0.29) is 11.8 Å². The SMILES string of the molecule is Cc1ccc(C(C)C)c(OC(C)C(=O)N2CCN(C(=O)CC3CCCC3)CC2)c1. The Morgan fingerprint density at radius 1 is 1.03 bits per heavy atom. The minimum Gasteiger partial charge on any atom is -0.481 e. The van der Waals surface area contributed by atoms with E-state index < -0.39 is 6.10 Å². The number of amides is 2. The number of hydrogen-bond acceptors (Lipinski definition) is 3. The normalized spacial score (nSPS) is 18.9. The Kier molecular flexibility index (Phi) is 7.20. The zero-order valence-electron chi connectivity index (χ0n) is 18.4. The van der Waals surface area contributed by atoms with Crippen molar-refractivity contribution in [3.63, 3.8) is 0 Å². The van der Waals surface area contributed by atoms with Gasteiger partial charge in [-0.15, -0.1) is 0 Å². The molecule has 1 unspecified atom stereocenters. The minimum atomic E-state index is -0.532. The van der Waals surface area contributed by atoms with Gasteiger partial charge in [0.2, 0.25) is 5.91 Å². The summed E-state index contributed by atoms with van der Waals surface area (Å²) >= 11 is 0. The van der Waals surface area contributed by atoms with Crippen LogP contribution in [0.2, 0.25) is 0 Å². The molecule has 1 aliphatic heterocycles. The molecule has 2 aliphatic rings. The molecule has 0 aromatic heterocycles. The fourth-order valence-corrected chi connectivity index (χ4v) is 4.49. The zero-order chi connectivity index (χ0) is 21.0. The predicted molar refractivity (Wildman–Crippen MR) is 115 cm³/mol. The van der Waals surface area contributed by atoms with Crippen LogP contribution in [0.1, 0.15) is 69.9 Å². The van der Waals surface area contributed by atoms with Gasteiger partial charge in [0.15, 0.2) is 6.10 Å². The summed E-state index contributed by atoms with van der Waals surface area (Å²) < 4.78 is 6.09. The summed E-state index contributed by atoms with van der Waals surface area (Å²) in [6.45, 7) is 10.6. The molecule has 1 aromatic carbocycles. The smallest absolute Gasteiger partial charge is 0.263 e. The number of carbonyl (C=O) groups is 2. The van der Waals surface area contributed by atoms with Crippen LogP contribution in [0.5, 0.6) is 5.75 Å². The van der Waals surface area contributed by atoms with Crippen molar-refractivity contribution in [2.45, 2.75) is 71.8 Å². The average molecular weight is 401 g/mol. The summed E-state index contributed by atoms with van der Waals surface area (Å²) in [6.07, 6.45) is 5.05. The van der Waals surface area contributed by atoms with Crippen molar-refractivity contribution in [2.75, 3.05) is 26.2 Å². The van der Waals surface area contributed by atoms with Crippen molar-refractivity contribution in [3.8, 4) is 5.75 Å². The molecule has 2 amide bonds. The topological polar surface area (TPSA) is 49.9 Å². The number of benzene rings is 1. The lowest BCUT2D eigenvalue weighted by Gasteiger charge is -2.36. The van der Waals surface area contributed by atoms with E-state index in [4.69, 9.17) is 4.74 Å². The van der Waals surface area contributed by atoms with Gasteiger partial charge in [-0.3, -0.25) is 9.59 Å². The Balaban J connectivity index is 1.52. The molecule has 3 rings (SSSR count). The molecular formula is C24H36N2O3. The van der Waals surface area contributed by atoms with Crippen LogP contribution in [0.4, 0.5) is 0 Å². The third-order valence-electron chi connectivity index (χ3n) is 6.32. The lowest BCUT2D eigenvalue weighted by Crippen LogP contribution is -2.53. The van der Waals surface area contributed by atoms with E-state index in [9.17, 15) is 9.59 Å². The average Bonchev–Trinajstić information content (AvgIpc) is 3.20. The van der Waals surface area contributed by atoms with Gasteiger partial charge in [0.1, 0.15) is 5.75 Å². The van der Waals surface area contributed by atoms with Crippen molar-refractivity contribution < 1.29 is 14.3 Å². The van der Waals surface area contributed by atoms with Crippen molar-refractivity contribution in [1.82, 2.24) is 9.80 Å². The summed E-state index contributed by atoms with van der Waals surface area (Å²) in [5.41, 5.74) is 2.25. The maximum atomic E-state index is 12.9. The highest BCUT2D eigenvalue weighted by molar-refractivity contribution is 5.82. The largest absolute Gasteiger partial charge is 0.481 e. The summed E-state index contributed by atoms with van der Waals surface area (Å²) in [5.74, 6) is 1.97. The molecule has 1 heterocycles. The van der Waals surface area contributed by atoms with Gasteiger partial charge in [0, 0.05) is 32.6 Å². The first-order valence-corrected chi connectivity index (χ1v) is 11.2. The van der Waals surface area contributed by atoms with E-state index >= 15 is 0 Å². The number of aryl methyl sites for hydroxylation is 1. The van der Waals surface area contributed by atoms with Gasteiger partial charge in [-0.25, -0.2) is 0 Å². The van der Waals surface area contributed by atoms with Crippen LogP contribution < -0.4 is 4.74 Å². The Morgan fingerprint density at radius 3 is 2.28 bits per heavy atom. The van der Waals surface area contributed by atoms with E-state index in [1.807, 2.05) is 29.7 Å². The first-order chi connectivity index (χ1) is 13.8. The van der Waals surface area contributed by atoms with Crippen LogP contribution in [0.25, 0.3) is 0 Å². The molecule has 1 saturated carbocycles. The van der Waals surface area contributed by atoms with Gasteiger partial charge < -0.3 is 14.5 Å². The van der Waals surface area contributed by atoms with Crippen LogP contribution in [-0.4, -0.2) is 53.9 Å². The van der Waals surface area contributed by atoms with Crippen molar-refractivity contribution in [1.29, 1.82) is 0 Å². The summed E-state index contributed by atoms with van der Waals surface area (Å²) in [6, 6.07) is 6.18. The molecule has 0 radical (unpaired) electrons. The number of piperazine rings is 1. The highest BCUT2D eigenvalue weighted by Gasteiger charge is 2.29. The standard InChI is InChI=1S/C24H36N2O3/c1-17(2)21-10-9-18(3)15-22(21)29-19(4)24(28)26-13-11-25(12-14-26)23(27)16-20-7-5-6-8-20/h9-10,15,17,19-20H,5-8,11-14,16H2,1-4H3. The molecule has 0 N–H and O–H groups in total. The molecule has 5 heteroatoms. The number of ether oxygens (including phenoxy) is 1. The summed E-state index contributed by atoms with van der Waals surface area (Å²) in [4.78, 5) is 29.2. The lowest BCUT2D eigenvalue weighted by atomic mass is 10.0. The molecule has 1 aromatic rings. The van der Waals surface area contributed by atoms with Crippen LogP contribution in [0.15, 0.2) is 18.2 Å². The monoisotopic (exact) mass is 400 g/mol. The second-order valence-corrected chi connectivity index (χ2v) is 9.02. The van der Waals surface area contributed by atoms with Crippen LogP contribution >= 0.6 is 0 Å². The zero-order valence-corrected chi connectivity index (χ0v) is 18.4. The van der Waals surface area contributed by atoms with E-state index in [2.05, 4.69) is 26.0 Å². The maximum Gasteiger partial charge on any atom is 0.263 e. The number of hydrogen-bond donors (Lipinski definition) is 0. The molecule has 0 bridgehead atoms. The van der Waals surface area contributed by atoms with E-state index in [1.54, 1.807) is 0 Å². The van der Waals surface area contributed by atoms with E-state index in [0.29, 0.717) is 44.4 Å². The van der Waals surface area contributed by atoms with Gasteiger partial charge in [-0.2, -0.15) is 0 Å². The Hall–Kier alpha value is -2.04. The number of carbonyl (C=O) groups excluding carboxylic acids is 2. The Labute approximate surface area is 175 Å². The third kappa shape index (κ3) is 5.52. The van der Waals surface area contributed by atoms with Crippen LogP contribution in [0, 0.1) is 12.8 Å². The maximum absolute atomic E-state index is 12.9. The fourth-order valence-electron chi connectivity index (χ4n) is 4.49. The van der Waals surface area contributed by atoms with Crippen LogP contribution in [-0.2, 0) is 9.59 Å². The molecule has 160 valence electrons. The summed E-state index contributed by atoms with van der Waals surface area (Å²) in [5, 5.41) is 0. The van der Waals surface area contributed by atoms with Gasteiger partial charge in [-0.05, 0) is 55.7 Å². The van der Waals surface area contributed by atoms with Crippen molar-refractivity contribution in [2.24, 2.45) is 5.92 Å². The van der Waals surface area contributed by atoms with Crippen molar-refractivity contribution in [3.05, 3.63) is 29.3 Å². The third-order valence-corrected chi connectivity index (χ3v) is 6.32. The molecule has 29 heavy (non-hydrogen) atoms. The second kappa shape index (κ2) is 9.64. The highest BCUT2D eigenvalue weighted by atomic mass is 16.5. The van der Waals surface area contributed by atoms with Gasteiger partial charge >= 0.3 is 0 Å². The number of nitrogens with zero attached hydrogens (tertiary/aromatic N) is 2. The second-order valence-electron chi connectivity index (χ2n) is 9.02. The van der Waals surface area contributed by atoms with Crippen molar-refractivity contribution >= 4 is 11.8 Å². The number of rotatable bonds is 6. The molecule has 1 aliphatic carbocycles. The fraction of sp³-hybridized carbons (Fsp3) is 0.667. The van der Waals surface area contributed by atoms with Gasteiger partial charge in [0.05, 0.1) is 0 Å². The minimum absolute atomic E-state index is 0.00380. The van der Waals surface area contributed by atoms with Crippen LogP contribution in [0.3, 0.4) is 0 Å². The highest BCUT2D eigenvalue weighted by Crippen LogP contribution is 2.29. The predicted octanol–water partition coefficient (Wildman–Crippen LogP) is 4.14. The lowest BCUT2D eigenvalue weighted by molar-refractivity contribution is -0.144. The first-order valence-electron chi connectivity index (χ1n) is 11.2. The van der Waals surface area contributed by atoms with E-state index in [1.165, 1.54) is 25.7 Å². The van der Waals surface area contributed by atoms with E-state index in [0.717, 1.165) is 16.9 Å². The van der Waals surface area contributed by atoms with Gasteiger partial charge in [0.25, 0.3) is 5.91 Å². The Morgan fingerprint density at radius 2 is 1.66 bits per heavy atom. The quantitative estimate of drug-likeness (QED) is 0.721. The molecule has 5 nitrogen and oxygen atoms in total.